The van der Waals surface area contributed by atoms with Crippen LogP contribution >= 0.6 is 11.8 Å². The molecule has 2 aliphatic heterocycles. The zero-order valence-electron chi connectivity index (χ0n) is 22.6. The first kappa shape index (κ1) is 23.5. The first-order valence-corrected chi connectivity index (χ1v) is 16.6. The van der Waals surface area contributed by atoms with Crippen molar-refractivity contribution in [1.82, 2.24) is 0 Å². The Bertz CT molecular complexity index is 910. The number of hydrogen-bond acceptors (Lipinski definition) is 2. The summed E-state index contributed by atoms with van der Waals surface area (Å²) in [6.07, 6.45) is 16.3. The van der Waals surface area contributed by atoms with Gasteiger partial charge in [-0.25, -0.2) is 0 Å². The maximum atomic E-state index is 2.90. The molecule has 1 saturated heterocycles. The Morgan fingerprint density at radius 1 is 0.829 bits per heavy atom. The Morgan fingerprint density at radius 3 is 2.57 bits per heavy atom. The van der Waals surface area contributed by atoms with Gasteiger partial charge in [-0.15, -0.1) is 0 Å². The molecule has 1 aromatic rings. The molecule has 1 aromatic carbocycles. The summed E-state index contributed by atoms with van der Waals surface area (Å²) in [4.78, 5) is 2.90. The van der Waals surface area contributed by atoms with E-state index in [0.717, 1.165) is 69.8 Å². The lowest BCUT2D eigenvalue weighted by Gasteiger charge is -2.46. The van der Waals surface area contributed by atoms with Crippen molar-refractivity contribution in [2.75, 3.05) is 11.4 Å². The van der Waals surface area contributed by atoms with Gasteiger partial charge >= 0.3 is 0 Å². The number of benzene rings is 1. The molecule has 4 saturated carbocycles. The molecule has 2 heteroatoms. The molecule has 5 fully saturated rings. The van der Waals surface area contributed by atoms with E-state index in [1.807, 2.05) is 0 Å². The average Bonchev–Trinajstić information content (AvgIpc) is 3.50. The van der Waals surface area contributed by atoms with Crippen molar-refractivity contribution in [3.63, 3.8) is 0 Å². The molecule has 35 heavy (non-hydrogen) atoms. The third-order valence-corrected chi connectivity index (χ3v) is 14.6. The molecule has 12 unspecified atom stereocenters. The van der Waals surface area contributed by atoms with Crippen LogP contribution in [0.2, 0.25) is 0 Å². The predicted octanol–water partition coefficient (Wildman–Crippen LogP) is 8.46. The van der Waals surface area contributed by atoms with Gasteiger partial charge in [-0.1, -0.05) is 58.2 Å². The van der Waals surface area contributed by atoms with Gasteiger partial charge < -0.3 is 4.90 Å². The van der Waals surface area contributed by atoms with Crippen molar-refractivity contribution >= 4 is 17.4 Å². The molecule has 0 radical (unpaired) electrons. The molecular weight excluding hydrogens is 442 g/mol. The van der Waals surface area contributed by atoms with E-state index in [2.05, 4.69) is 61.7 Å². The van der Waals surface area contributed by atoms with Crippen molar-refractivity contribution in [1.29, 1.82) is 0 Å². The SMILES string of the molecule is CC1CC2C(CCCC2N2CCCc3ccccc32)C1CC1C(C)C(C)C2SC3CCCCC3C12. The van der Waals surface area contributed by atoms with Crippen molar-refractivity contribution < 1.29 is 0 Å². The summed E-state index contributed by atoms with van der Waals surface area (Å²) >= 11 is 2.47. The van der Waals surface area contributed by atoms with Gasteiger partial charge in [0.15, 0.2) is 0 Å². The summed E-state index contributed by atoms with van der Waals surface area (Å²) in [5.41, 5.74) is 3.21. The zero-order valence-corrected chi connectivity index (χ0v) is 23.4. The molecule has 192 valence electrons. The molecule has 2 heterocycles. The van der Waals surface area contributed by atoms with E-state index in [9.17, 15) is 0 Å². The second-order valence-electron chi connectivity index (χ2n) is 13.9. The summed E-state index contributed by atoms with van der Waals surface area (Å²) in [6.45, 7) is 9.26. The largest absolute Gasteiger partial charge is 0.368 e. The molecule has 12 atom stereocenters. The number of rotatable bonds is 3. The van der Waals surface area contributed by atoms with Gasteiger partial charge in [0.05, 0.1) is 0 Å². The quantitative estimate of drug-likeness (QED) is 0.417. The van der Waals surface area contributed by atoms with Gasteiger partial charge in [0, 0.05) is 28.8 Å². The molecule has 0 bridgehead atoms. The summed E-state index contributed by atoms with van der Waals surface area (Å²) in [5, 5.41) is 2.00. The van der Waals surface area contributed by atoms with Crippen LogP contribution in [0.15, 0.2) is 24.3 Å². The molecule has 7 rings (SSSR count). The van der Waals surface area contributed by atoms with Crippen molar-refractivity contribution in [3.8, 4) is 0 Å². The van der Waals surface area contributed by atoms with Crippen LogP contribution in [0.1, 0.15) is 90.5 Å². The lowest BCUT2D eigenvalue weighted by atomic mass is 9.67. The lowest BCUT2D eigenvalue weighted by molar-refractivity contribution is 0.124. The summed E-state index contributed by atoms with van der Waals surface area (Å²) in [6, 6.07) is 10.2. The van der Waals surface area contributed by atoms with Crippen LogP contribution in [0, 0.1) is 53.3 Å². The molecule has 1 nitrogen and oxygen atoms in total. The zero-order chi connectivity index (χ0) is 23.7. The van der Waals surface area contributed by atoms with E-state index in [1.54, 1.807) is 24.1 Å². The number of para-hydroxylation sites is 1. The Kier molecular flexibility index (Phi) is 6.23. The van der Waals surface area contributed by atoms with E-state index in [1.165, 1.54) is 64.3 Å². The minimum absolute atomic E-state index is 0.806. The van der Waals surface area contributed by atoms with Crippen LogP contribution in [-0.4, -0.2) is 23.1 Å². The van der Waals surface area contributed by atoms with E-state index < -0.39 is 0 Å². The van der Waals surface area contributed by atoms with Gasteiger partial charge in [0.25, 0.3) is 0 Å². The number of hydrogen-bond donors (Lipinski definition) is 0. The van der Waals surface area contributed by atoms with Crippen LogP contribution < -0.4 is 4.90 Å². The predicted molar refractivity (Wildman–Crippen MR) is 151 cm³/mol. The Hall–Kier alpha value is -0.630. The van der Waals surface area contributed by atoms with Gasteiger partial charge in [0.1, 0.15) is 0 Å². The van der Waals surface area contributed by atoms with E-state index in [0.29, 0.717) is 0 Å². The van der Waals surface area contributed by atoms with Crippen LogP contribution in [0.5, 0.6) is 0 Å². The Labute approximate surface area is 219 Å². The van der Waals surface area contributed by atoms with Crippen molar-refractivity contribution in [3.05, 3.63) is 29.8 Å². The Balaban J connectivity index is 1.13. The number of aryl methyl sites for hydroxylation is 1. The second-order valence-corrected chi connectivity index (χ2v) is 15.3. The summed E-state index contributed by atoms with van der Waals surface area (Å²) in [7, 11) is 0. The highest BCUT2D eigenvalue weighted by molar-refractivity contribution is 8.00. The number of nitrogens with zero attached hydrogens (tertiary/aromatic N) is 1. The minimum atomic E-state index is 0.806. The maximum absolute atomic E-state index is 2.90. The minimum Gasteiger partial charge on any atom is -0.368 e. The van der Waals surface area contributed by atoms with E-state index >= 15 is 0 Å². The van der Waals surface area contributed by atoms with Crippen molar-refractivity contribution in [2.45, 2.75) is 108 Å². The van der Waals surface area contributed by atoms with Crippen molar-refractivity contribution in [2.24, 2.45) is 53.3 Å². The molecule has 0 aromatic heterocycles. The molecule has 0 amide bonds. The monoisotopic (exact) mass is 491 g/mol. The highest BCUT2D eigenvalue weighted by Crippen LogP contribution is 2.64. The number of fused-ring (bicyclic) bond motifs is 5. The van der Waals surface area contributed by atoms with E-state index in [4.69, 9.17) is 0 Å². The molecule has 4 aliphatic carbocycles. The fraction of sp³-hybridized carbons (Fsp3) is 0.818. The number of anilines is 1. The third kappa shape index (κ3) is 3.77. The first-order valence-electron chi connectivity index (χ1n) is 15.6. The van der Waals surface area contributed by atoms with Gasteiger partial charge in [-0.3, -0.25) is 0 Å². The second kappa shape index (κ2) is 9.28. The van der Waals surface area contributed by atoms with Gasteiger partial charge in [0.2, 0.25) is 0 Å². The summed E-state index contributed by atoms with van der Waals surface area (Å²) < 4.78 is 0. The Morgan fingerprint density at radius 2 is 1.66 bits per heavy atom. The molecule has 0 spiro atoms. The third-order valence-electron chi connectivity index (χ3n) is 12.6. The van der Waals surface area contributed by atoms with E-state index in [-0.39, 0.29) is 0 Å². The lowest BCUT2D eigenvalue weighted by Crippen LogP contribution is -2.47. The normalized spacial score (nSPS) is 48.8. The maximum Gasteiger partial charge on any atom is 0.0401 e. The molecule has 0 N–H and O–H groups in total. The molecule has 6 aliphatic rings. The van der Waals surface area contributed by atoms with Crippen LogP contribution in [0.4, 0.5) is 5.69 Å². The standard InChI is InChI=1S/C33H49NS/c1-20-18-28-24(13-8-15-30(28)34-17-9-11-23-10-4-6-14-29(23)34)26(20)19-27-21(2)22(3)33-32(27)25-12-5-7-16-31(25)35-33/h4,6,10,14,20-22,24-28,30-33H,5,7-9,11-13,15-19H2,1-3H3. The van der Waals surface area contributed by atoms with Crippen LogP contribution in [-0.2, 0) is 6.42 Å². The van der Waals surface area contributed by atoms with Gasteiger partial charge in [-0.05, 0) is 116 Å². The fourth-order valence-corrected chi connectivity index (χ4v) is 13.2. The number of thioether (sulfide) groups is 1. The van der Waals surface area contributed by atoms with Gasteiger partial charge in [-0.2, -0.15) is 11.8 Å². The summed E-state index contributed by atoms with van der Waals surface area (Å²) in [5.74, 6) is 8.88. The highest BCUT2D eigenvalue weighted by Gasteiger charge is 2.58. The first-order chi connectivity index (χ1) is 17.1. The highest BCUT2D eigenvalue weighted by atomic mass is 32.2. The average molecular weight is 492 g/mol. The smallest absolute Gasteiger partial charge is 0.0401 e. The fourth-order valence-electron chi connectivity index (χ4n) is 10.9. The topological polar surface area (TPSA) is 3.24 Å². The molecular formula is C33H49NS. The van der Waals surface area contributed by atoms with Crippen LogP contribution in [0.25, 0.3) is 0 Å². The van der Waals surface area contributed by atoms with Crippen LogP contribution in [0.3, 0.4) is 0 Å².